The number of hydrogen-bond acceptors (Lipinski definition) is 4. The lowest BCUT2D eigenvalue weighted by Crippen LogP contribution is -2.42. The molecular formula is C18H22N2O4S. The fraction of sp³-hybridized carbons (Fsp3) is 0.556. The summed E-state index contributed by atoms with van der Waals surface area (Å²) in [6.07, 6.45) is 2.57. The van der Waals surface area contributed by atoms with E-state index in [4.69, 9.17) is 0 Å². The molecular weight excluding hydrogens is 340 g/mol. The minimum absolute atomic E-state index is 0.0103. The van der Waals surface area contributed by atoms with Gasteiger partial charge >= 0.3 is 0 Å². The maximum Gasteiger partial charge on any atom is 0.232 e. The van der Waals surface area contributed by atoms with Gasteiger partial charge in [0.2, 0.25) is 11.8 Å². The lowest BCUT2D eigenvalue weighted by atomic mass is 9.99. The van der Waals surface area contributed by atoms with Crippen LogP contribution in [0.25, 0.3) is 0 Å². The third-order valence-corrected chi connectivity index (χ3v) is 7.28. The Labute approximate surface area is 147 Å². The Kier molecular flexibility index (Phi) is 4.06. The fourth-order valence-corrected chi connectivity index (χ4v) is 5.98. The summed E-state index contributed by atoms with van der Waals surface area (Å²) in [7, 11) is -3.04. The second-order valence-corrected chi connectivity index (χ2v) is 9.45. The van der Waals surface area contributed by atoms with Gasteiger partial charge in [-0.25, -0.2) is 8.42 Å². The van der Waals surface area contributed by atoms with Crippen molar-refractivity contribution in [3.8, 4) is 0 Å². The maximum absolute atomic E-state index is 13.0. The molecule has 2 saturated heterocycles. The first-order valence-electron chi connectivity index (χ1n) is 8.84. The summed E-state index contributed by atoms with van der Waals surface area (Å²) in [5.41, 5.74) is 2.12. The van der Waals surface area contributed by atoms with Crippen molar-refractivity contribution in [2.45, 2.75) is 31.7 Å². The van der Waals surface area contributed by atoms with Gasteiger partial charge in [-0.3, -0.25) is 9.59 Å². The zero-order chi connectivity index (χ0) is 17.6. The lowest BCUT2D eigenvalue weighted by molar-refractivity contribution is -0.129. The monoisotopic (exact) mass is 362 g/mol. The summed E-state index contributed by atoms with van der Waals surface area (Å²) >= 11 is 0. The van der Waals surface area contributed by atoms with E-state index in [9.17, 15) is 18.0 Å². The van der Waals surface area contributed by atoms with Gasteiger partial charge in [-0.2, -0.15) is 0 Å². The van der Waals surface area contributed by atoms with Crippen LogP contribution in [-0.2, 0) is 25.8 Å². The van der Waals surface area contributed by atoms with Crippen molar-refractivity contribution < 1.29 is 18.0 Å². The van der Waals surface area contributed by atoms with Crippen LogP contribution >= 0.6 is 0 Å². The van der Waals surface area contributed by atoms with E-state index < -0.39 is 9.84 Å². The second-order valence-electron chi connectivity index (χ2n) is 7.23. The summed E-state index contributed by atoms with van der Waals surface area (Å²) in [4.78, 5) is 28.8. The molecule has 2 fully saturated rings. The molecule has 0 saturated carbocycles. The first-order chi connectivity index (χ1) is 11.9. The largest absolute Gasteiger partial charge is 0.338 e. The molecule has 0 aliphatic carbocycles. The standard InChI is InChI=1S/C18H22N2O4S/c21-17-10-14(11-20(17)15-7-9-25(23,24)12-15)18(22)19-8-3-5-13-4-1-2-6-16(13)19/h1-2,4,6,14-15H,3,5,7-12H2. The molecule has 1 aromatic rings. The van der Waals surface area contributed by atoms with Crippen LogP contribution in [0, 0.1) is 5.92 Å². The van der Waals surface area contributed by atoms with Crippen LogP contribution in [0.1, 0.15) is 24.8 Å². The van der Waals surface area contributed by atoms with Gasteiger partial charge in [-0.15, -0.1) is 0 Å². The number of likely N-dealkylation sites (tertiary alicyclic amines) is 1. The van der Waals surface area contributed by atoms with Crippen molar-refractivity contribution in [3.05, 3.63) is 29.8 Å². The number of nitrogens with zero attached hydrogens (tertiary/aromatic N) is 2. The van der Waals surface area contributed by atoms with Crippen molar-refractivity contribution in [2.75, 3.05) is 29.5 Å². The normalized spacial score (nSPS) is 28.2. The highest BCUT2D eigenvalue weighted by molar-refractivity contribution is 7.91. The number of benzene rings is 1. The highest BCUT2D eigenvalue weighted by Gasteiger charge is 2.43. The van der Waals surface area contributed by atoms with Gasteiger partial charge in [0, 0.05) is 31.2 Å². The molecule has 2 atom stereocenters. The molecule has 0 spiro atoms. The first-order valence-corrected chi connectivity index (χ1v) is 10.7. The fourth-order valence-electron chi connectivity index (χ4n) is 4.25. The minimum Gasteiger partial charge on any atom is -0.338 e. The summed E-state index contributed by atoms with van der Waals surface area (Å²) < 4.78 is 23.4. The van der Waals surface area contributed by atoms with Gasteiger partial charge in [-0.1, -0.05) is 18.2 Å². The van der Waals surface area contributed by atoms with E-state index in [-0.39, 0.29) is 41.7 Å². The van der Waals surface area contributed by atoms with E-state index in [1.807, 2.05) is 29.2 Å². The van der Waals surface area contributed by atoms with Gasteiger partial charge in [0.05, 0.1) is 17.4 Å². The van der Waals surface area contributed by atoms with Crippen LogP contribution in [0.15, 0.2) is 24.3 Å². The SMILES string of the molecule is O=C(C1CC(=O)N(C2CCS(=O)(=O)C2)C1)N1CCCc2ccccc21. The molecule has 3 aliphatic heterocycles. The van der Waals surface area contributed by atoms with Gasteiger partial charge in [-0.05, 0) is 30.9 Å². The highest BCUT2D eigenvalue weighted by Crippen LogP contribution is 2.32. The Morgan fingerprint density at radius 3 is 2.76 bits per heavy atom. The van der Waals surface area contributed by atoms with E-state index >= 15 is 0 Å². The molecule has 3 aliphatic rings. The van der Waals surface area contributed by atoms with Crippen molar-refractivity contribution in [2.24, 2.45) is 5.92 Å². The molecule has 2 unspecified atom stereocenters. The van der Waals surface area contributed by atoms with E-state index in [0.29, 0.717) is 19.5 Å². The molecule has 134 valence electrons. The second kappa shape index (κ2) is 6.12. The predicted molar refractivity (Wildman–Crippen MR) is 94.0 cm³/mol. The summed E-state index contributed by atoms with van der Waals surface area (Å²) in [5, 5.41) is 0. The van der Waals surface area contributed by atoms with Crippen LogP contribution < -0.4 is 4.90 Å². The molecule has 0 radical (unpaired) electrons. The zero-order valence-corrected chi connectivity index (χ0v) is 14.9. The third kappa shape index (κ3) is 3.05. The summed E-state index contributed by atoms with van der Waals surface area (Å²) in [6, 6.07) is 7.66. The number of fused-ring (bicyclic) bond motifs is 1. The Morgan fingerprint density at radius 1 is 1.20 bits per heavy atom. The van der Waals surface area contributed by atoms with Gasteiger partial charge < -0.3 is 9.80 Å². The summed E-state index contributed by atoms with van der Waals surface area (Å²) in [5.74, 6) is -0.303. The number of hydrogen-bond donors (Lipinski definition) is 0. The van der Waals surface area contributed by atoms with E-state index in [2.05, 4.69) is 0 Å². The number of anilines is 1. The third-order valence-electron chi connectivity index (χ3n) is 5.53. The molecule has 6 nitrogen and oxygen atoms in total. The van der Waals surface area contributed by atoms with E-state index in [0.717, 1.165) is 18.5 Å². The van der Waals surface area contributed by atoms with Crippen molar-refractivity contribution in [1.29, 1.82) is 0 Å². The molecule has 4 rings (SSSR count). The van der Waals surface area contributed by atoms with Crippen LogP contribution in [0.5, 0.6) is 0 Å². The van der Waals surface area contributed by atoms with Gasteiger partial charge in [0.15, 0.2) is 9.84 Å². The van der Waals surface area contributed by atoms with Crippen molar-refractivity contribution >= 4 is 27.3 Å². The number of amides is 2. The Morgan fingerprint density at radius 2 is 2.00 bits per heavy atom. The van der Waals surface area contributed by atoms with Gasteiger partial charge in [0.1, 0.15) is 0 Å². The number of sulfone groups is 1. The van der Waals surface area contributed by atoms with Crippen LogP contribution in [0.2, 0.25) is 0 Å². The Hall–Kier alpha value is -1.89. The zero-order valence-electron chi connectivity index (χ0n) is 14.1. The molecule has 0 N–H and O–H groups in total. The predicted octanol–water partition coefficient (Wildman–Crippen LogP) is 1.00. The van der Waals surface area contributed by atoms with Crippen LogP contribution in [-0.4, -0.2) is 55.8 Å². The Balaban J connectivity index is 1.50. The molecule has 3 heterocycles. The van der Waals surface area contributed by atoms with Crippen molar-refractivity contribution in [1.82, 2.24) is 4.90 Å². The maximum atomic E-state index is 13.0. The first kappa shape index (κ1) is 16.6. The van der Waals surface area contributed by atoms with Crippen LogP contribution in [0.4, 0.5) is 5.69 Å². The average molecular weight is 362 g/mol. The summed E-state index contributed by atoms with van der Waals surface area (Å²) in [6.45, 7) is 1.02. The number of carbonyl (C=O) groups is 2. The highest BCUT2D eigenvalue weighted by atomic mass is 32.2. The minimum atomic E-state index is -3.04. The molecule has 0 aromatic heterocycles. The molecule has 25 heavy (non-hydrogen) atoms. The van der Waals surface area contributed by atoms with Crippen LogP contribution in [0.3, 0.4) is 0 Å². The topological polar surface area (TPSA) is 74.8 Å². The molecule has 1 aromatic carbocycles. The Bertz CT molecular complexity index is 820. The lowest BCUT2D eigenvalue weighted by Gasteiger charge is -2.31. The smallest absolute Gasteiger partial charge is 0.232 e. The van der Waals surface area contributed by atoms with E-state index in [1.165, 1.54) is 5.56 Å². The number of para-hydroxylation sites is 1. The quantitative estimate of drug-likeness (QED) is 0.787. The van der Waals surface area contributed by atoms with Gasteiger partial charge in [0.25, 0.3) is 0 Å². The molecule has 7 heteroatoms. The van der Waals surface area contributed by atoms with E-state index in [1.54, 1.807) is 4.90 Å². The molecule has 0 bridgehead atoms. The number of aryl methyl sites for hydroxylation is 1. The van der Waals surface area contributed by atoms with Crippen molar-refractivity contribution in [3.63, 3.8) is 0 Å². The number of carbonyl (C=O) groups excluding carboxylic acids is 2. The molecule has 2 amide bonds. The average Bonchev–Trinajstić information content (AvgIpc) is 3.16. The number of rotatable bonds is 2.